The molecular formula is C34H30N2. The molecule has 1 heterocycles. The number of hydrogen-bond acceptors (Lipinski definition) is 1. The smallest absolute Gasteiger partial charge is 0.0509 e. The second-order valence-corrected chi connectivity index (χ2v) is 10.8. The van der Waals surface area contributed by atoms with Gasteiger partial charge < -0.3 is 9.47 Å². The van der Waals surface area contributed by atoms with E-state index in [1.54, 1.807) is 0 Å². The molecule has 0 amide bonds. The SMILES string of the molecule is Cc1ccc2c(c1)C(C)(C)c1cc(N(C)c3cccc4c3c3ccccc3n4C)c3ccccc3c1-2. The van der Waals surface area contributed by atoms with E-state index < -0.39 is 0 Å². The van der Waals surface area contributed by atoms with Crippen molar-refractivity contribution in [3.05, 3.63) is 108 Å². The minimum Gasteiger partial charge on any atom is -0.344 e. The zero-order valence-electron chi connectivity index (χ0n) is 21.6. The van der Waals surface area contributed by atoms with E-state index in [0.29, 0.717) is 0 Å². The van der Waals surface area contributed by atoms with E-state index in [0.717, 1.165) is 0 Å². The lowest BCUT2D eigenvalue weighted by atomic mass is 9.81. The Morgan fingerprint density at radius 3 is 2.17 bits per heavy atom. The van der Waals surface area contributed by atoms with Crippen molar-refractivity contribution < 1.29 is 0 Å². The number of anilines is 2. The first-order valence-electron chi connectivity index (χ1n) is 12.8. The summed E-state index contributed by atoms with van der Waals surface area (Å²) in [7, 11) is 4.39. The summed E-state index contributed by atoms with van der Waals surface area (Å²) in [6.45, 7) is 6.95. The normalized spacial score (nSPS) is 13.9. The van der Waals surface area contributed by atoms with E-state index in [1.807, 2.05) is 0 Å². The molecule has 7 rings (SSSR count). The second-order valence-electron chi connectivity index (χ2n) is 10.8. The fourth-order valence-electron chi connectivity index (χ4n) is 6.56. The summed E-state index contributed by atoms with van der Waals surface area (Å²) in [5.41, 5.74) is 11.9. The molecule has 0 bridgehead atoms. The van der Waals surface area contributed by atoms with Crippen molar-refractivity contribution in [2.45, 2.75) is 26.2 Å². The highest BCUT2D eigenvalue weighted by Gasteiger charge is 2.37. The molecule has 1 aromatic heterocycles. The summed E-state index contributed by atoms with van der Waals surface area (Å²) in [6, 6.07) is 33.7. The summed E-state index contributed by atoms with van der Waals surface area (Å²) in [5.74, 6) is 0. The van der Waals surface area contributed by atoms with E-state index in [1.165, 1.54) is 71.8 Å². The number of aryl methyl sites for hydroxylation is 2. The average Bonchev–Trinajstić information content (AvgIpc) is 3.31. The minimum absolute atomic E-state index is 0.0538. The molecule has 2 nitrogen and oxygen atoms in total. The molecule has 0 radical (unpaired) electrons. The van der Waals surface area contributed by atoms with Crippen LogP contribution in [0.5, 0.6) is 0 Å². The number of fused-ring (bicyclic) bond motifs is 8. The topological polar surface area (TPSA) is 8.17 Å². The molecule has 0 unspecified atom stereocenters. The van der Waals surface area contributed by atoms with Gasteiger partial charge in [0.1, 0.15) is 0 Å². The van der Waals surface area contributed by atoms with Gasteiger partial charge in [0.25, 0.3) is 0 Å². The lowest BCUT2D eigenvalue weighted by Crippen LogP contribution is -2.17. The Morgan fingerprint density at radius 2 is 1.36 bits per heavy atom. The standard InChI is InChI=1S/C34H30N2/c1-21-17-18-24-26(19-21)34(2,3)27-20-31(22-11-6-7-12-23(22)32(24)27)36(5)30-16-10-15-29-33(30)25-13-8-9-14-28(25)35(29)4/h6-20H,1-5H3. The molecule has 6 aromatic rings. The number of hydrogen-bond donors (Lipinski definition) is 0. The number of nitrogens with zero attached hydrogens (tertiary/aromatic N) is 2. The van der Waals surface area contributed by atoms with E-state index in [-0.39, 0.29) is 5.41 Å². The zero-order chi connectivity index (χ0) is 24.8. The second kappa shape index (κ2) is 7.24. The molecule has 176 valence electrons. The Labute approximate surface area is 212 Å². The monoisotopic (exact) mass is 466 g/mol. The molecule has 5 aromatic carbocycles. The van der Waals surface area contributed by atoms with Crippen molar-refractivity contribution in [3.63, 3.8) is 0 Å². The molecule has 0 saturated heterocycles. The van der Waals surface area contributed by atoms with Crippen LogP contribution < -0.4 is 4.90 Å². The predicted octanol–water partition coefficient (Wildman–Crippen LogP) is 8.87. The Kier molecular flexibility index (Phi) is 4.27. The van der Waals surface area contributed by atoms with Gasteiger partial charge in [-0.05, 0) is 58.8 Å². The first kappa shape index (κ1) is 21.3. The van der Waals surface area contributed by atoms with Crippen molar-refractivity contribution in [2.24, 2.45) is 7.05 Å². The van der Waals surface area contributed by atoms with Crippen molar-refractivity contribution in [3.8, 4) is 11.1 Å². The van der Waals surface area contributed by atoms with Gasteiger partial charge in [-0.25, -0.2) is 0 Å². The number of rotatable bonds is 2. The van der Waals surface area contributed by atoms with Crippen molar-refractivity contribution in [1.29, 1.82) is 0 Å². The third-order valence-corrected chi connectivity index (χ3v) is 8.45. The first-order valence-corrected chi connectivity index (χ1v) is 12.8. The molecule has 0 saturated carbocycles. The van der Waals surface area contributed by atoms with Crippen LogP contribution in [0.2, 0.25) is 0 Å². The highest BCUT2D eigenvalue weighted by Crippen LogP contribution is 2.54. The van der Waals surface area contributed by atoms with Crippen LogP contribution in [0.4, 0.5) is 11.4 Å². The lowest BCUT2D eigenvalue weighted by Gasteiger charge is -2.27. The van der Waals surface area contributed by atoms with Crippen molar-refractivity contribution >= 4 is 44.0 Å². The van der Waals surface area contributed by atoms with E-state index in [2.05, 4.69) is 135 Å². The van der Waals surface area contributed by atoms with Crippen LogP contribution in [0.3, 0.4) is 0 Å². The Hall–Kier alpha value is -4.04. The molecule has 0 N–H and O–H groups in total. The van der Waals surface area contributed by atoms with Gasteiger partial charge in [-0.15, -0.1) is 0 Å². The summed E-state index contributed by atoms with van der Waals surface area (Å²) in [5, 5.41) is 5.23. The van der Waals surface area contributed by atoms with Gasteiger partial charge in [0.2, 0.25) is 0 Å². The number of aromatic nitrogens is 1. The third-order valence-electron chi connectivity index (χ3n) is 8.45. The summed E-state index contributed by atoms with van der Waals surface area (Å²) in [4.78, 5) is 2.40. The summed E-state index contributed by atoms with van der Waals surface area (Å²) >= 11 is 0. The van der Waals surface area contributed by atoms with Crippen LogP contribution in [0.1, 0.15) is 30.5 Å². The zero-order valence-corrected chi connectivity index (χ0v) is 21.6. The molecule has 2 heteroatoms. The Balaban J connectivity index is 1.54. The molecule has 1 aliphatic rings. The maximum Gasteiger partial charge on any atom is 0.0509 e. The van der Waals surface area contributed by atoms with Crippen LogP contribution in [-0.4, -0.2) is 11.6 Å². The van der Waals surface area contributed by atoms with Crippen LogP contribution in [-0.2, 0) is 12.5 Å². The Bertz CT molecular complexity index is 1850. The lowest BCUT2D eigenvalue weighted by molar-refractivity contribution is 0.660. The van der Waals surface area contributed by atoms with E-state index in [9.17, 15) is 0 Å². The average molecular weight is 467 g/mol. The fourth-order valence-corrected chi connectivity index (χ4v) is 6.56. The van der Waals surface area contributed by atoms with Crippen molar-refractivity contribution in [1.82, 2.24) is 4.57 Å². The van der Waals surface area contributed by atoms with Crippen LogP contribution in [0, 0.1) is 6.92 Å². The van der Waals surface area contributed by atoms with Gasteiger partial charge in [-0.3, -0.25) is 0 Å². The third kappa shape index (κ3) is 2.67. The van der Waals surface area contributed by atoms with Crippen LogP contribution in [0.25, 0.3) is 43.7 Å². The maximum atomic E-state index is 2.46. The quantitative estimate of drug-likeness (QED) is 0.247. The number of para-hydroxylation sites is 1. The maximum absolute atomic E-state index is 2.46. The van der Waals surface area contributed by atoms with Gasteiger partial charge in [0.15, 0.2) is 0 Å². The van der Waals surface area contributed by atoms with Crippen LogP contribution in [0.15, 0.2) is 91.0 Å². The fraction of sp³-hybridized carbons (Fsp3) is 0.176. The highest BCUT2D eigenvalue weighted by atomic mass is 15.1. The molecule has 1 aliphatic carbocycles. The minimum atomic E-state index is -0.0538. The van der Waals surface area contributed by atoms with E-state index in [4.69, 9.17) is 0 Å². The van der Waals surface area contributed by atoms with Gasteiger partial charge >= 0.3 is 0 Å². The van der Waals surface area contributed by atoms with E-state index >= 15 is 0 Å². The predicted molar refractivity (Wildman–Crippen MR) is 155 cm³/mol. The molecular weight excluding hydrogens is 436 g/mol. The molecule has 0 aliphatic heterocycles. The first-order chi connectivity index (χ1) is 17.4. The van der Waals surface area contributed by atoms with Crippen molar-refractivity contribution in [2.75, 3.05) is 11.9 Å². The molecule has 0 atom stereocenters. The van der Waals surface area contributed by atoms with Gasteiger partial charge in [0.05, 0.1) is 11.2 Å². The summed E-state index contributed by atoms with van der Waals surface area (Å²) in [6.07, 6.45) is 0. The highest BCUT2D eigenvalue weighted by molar-refractivity contribution is 6.16. The Morgan fingerprint density at radius 1 is 0.667 bits per heavy atom. The largest absolute Gasteiger partial charge is 0.344 e. The molecule has 0 spiro atoms. The van der Waals surface area contributed by atoms with Gasteiger partial charge in [-0.2, -0.15) is 0 Å². The molecule has 0 fully saturated rings. The van der Waals surface area contributed by atoms with Gasteiger partial charge in [-0.1, -0.05) is 86.1 Å². The number of benzene rings is 5. The van der Waals surface area contributed by atoms with Gasteiger partial charge in [0, 0.05) is 46.9 Å². The van der Waals surface area contributed by atoms with Crippen LogP contribution >= 0.6 is 0 Å². The molecule has 36 heavy (non-hydrogen) atoms. The summed E-state index contributed by atoms with van der Waals surface area (Å²) < 4.78 is 2.31.